The van der Waals surface area contributed by atoms with Crippen LogP contribution in [0.15, 0.2) is 108 Å². The number of aromatic nitrogens is 1. The third-order valence-electron chi connectivity index (χ3n) is 9.92. The predicted molar refractivity (Wildman–Crippen MR) is 254 cm³/mol. The molecule has 8 heteroatoms. The number of hydrogen-bond donors (Lipinski definition) is 0. The number of aliphatic imine (C=N–C) groups is 1. The quantitative estimate of drug-likeness (QED) is 0.0182. The molecule has 0 radical (unpaired) electrons. The third kappa shape index (κ3) is 20.0. The van der Waals surface area contributed by atoms with Gasteiger partial charge in [0.25, 0.3) is 0 Å². The molecular formula is C48H72N6S2+2. The van der Waals surface area contributed by atoms with Gasteiger partial charge in [0.05, 0.1) is 27.2 Å². The minimum atomic E-state index is 0.822. The number of rotatable bonds is 28. The number of benzene rings is 2. The van der Waals surface area contributed by atoms with E-state index in [0.717, 1.165) is 37.2 Å². The van der Waals surface area contributed by atoms with Gasteiger partial charge in [-0.2, -0.15) is 4.57 Å². The molecule has 0 aliphatic rings. The molecule has 0 unspecified atom stereocenters. The lowest BCUT2D eigenvalue weighted by Crippen LogP contribution is -2.42. The largest absolute Gasteiger partial charge is 0.375 e. The Balaban J connectivity index is 1.17. The van der Waals surface area contributed by atoms with Gasteiger partial charge in [0.15, 0.2) is 6.20 Å². The van der Waals surface area contributed by atoms with E-state index in [1.807, 2.05) is 37.4 Å². The van der Waals surface area contributed by atoms with Crippen LogP contribution in [-0.2, 0) is 6.54 Å². The number of hydrogen-bond acceptors (Lipinski definition) is 6. The first-order valence-corrected chi connectivity index (χ1v) is 23.2. The summed E-state index contributed by atoms with van der Waals surface area (Å²) in [5.41, 5.74) is 6.23. The average Bonchev–Trinajstić information content (AvgIpc) is 3.20. The van der Waals surface area contributed by atoms with Crippen molar-refractivity contribution in [2.45, 2.75) is 52.5 Å². The van der Waals surface area contributed by atoms with Gasteiger partial charge < -0.3 is 19.2 Å². The summed E-state index contributed by atoms with van der Waals surface area (Å²) in [6.45, 7) is 12.9. The molecule has 0 saturated carbocycles. The van der Waals surface area contributed by atoms with Crippen LogP contribution in [0.2, 0.25) is 0 Å². The SMILES string of the molecule is CC/N=C/C=C\C=C\C=C\c1ccc(N(C)CCCN(C)CCCCSSCCC[N+](C)(C)CCCN(C)c2ccc(/C=C/c3cccc[n+]3CC)cc2)cc1. The minimum absolute atomic E-state index is 0.822. The van der Waals surface area contributed by atoms with Crippen molar-refractivity contribution < 1.29 is 9.05 Å². The maximum atomic E-state index is 4.17. The average molecular weight is 797 g/mol. The molecule has 0 fully saturated rings. The molecule has 0 N–H and O–H groups in total. The van der Waals surface area contributed by atoms with Gasteiger partial charge in [0, 0.05) is 93.9 Å². The van der Waals surface area contributed by atoms with Crippen molar-refractivity contribution in [1.82, 2.24) is 4.90 Å². The monoisotopic (exact) mass is 797 g/mol. The molecule has 0 spiro atoms. The first kappa shape index (κ1) is 46.8. The van der Waals surface area contributed by atoms with Crippen molar-refractivity contribution in [3.05, 3.63) is 120 Å². The van der Waals surface area contributed by atoms with E-state index in [2.05, 4.69) is 185 Å². The smallest absolute Gasteiger partial charge is 0.205 e. The fourth-order valence-electron chi connectivity index (χ4n) is 6.37. The van der Waals surface area contributed by atoms with Gasteiger partial charge in [-0.15, -0.1) is 0 Å². The van der Waals surface area contributed by atoms with E-state index in [1.54, 1.807) is 0 Å². The summed E-state index contributed by atoms with van der Waals surface area (Å²) < 4.78 is 3.35. The van der Waals surface area contributed by atoms with E-state index in [-0.39, 0.29) is 0 Å². The van der Waals surface area contributed by atoms with Gasteiger partial charge in [-0.3, -0.25) is 4.99 Å². The van der Waals surface area contributed by atoms with Crippen LogP contribution in [0.1, 0.15) is 62.8 Å². The molecule has 2 aromatic carbocycles. The second-order valence-electron chi connectivity index (χ2n) is 15.1. The van der Waals surface area contributed by atoms with Crippen molar-refractivity contribution in [1.29, 1.82) is 0 Å². The molecule has 3 aromatic rings. The first-order valence-electron chi connectivity index (χ1n) is 20.7. The maximum absolute atomic E-state index is 4.17. The zero-order valence-corrected chi connectivity index (χ0v) is 37.4. The van der Waals surface area contributed by atoms with Crippen molar-refractivity contribution in [2.75, 3.05) is 102 Å². The second-order valence-corrected chi connectivity index (χ2v) is 17.8. The maximum Gasteiger partial charge on any atom is 0.205 e. The van der Waals surface area contributed by atoms with E-state index in [9.17, 15) is 0 Å². The molecule has 0 aliphatic carbocycles. The summed E-state index contributed by atoms with van der Waals surface area (Å²) >= 11 is 0. The van der Waals surface area contributed by atoms with Crippen LogP contribution in [0.25, 0.3) is 18.2 Å². The highest BCUT2D eigenvalue weighted by molar-refractivity contribution is 8.76. The van der Waals surface area contributed by atoms with E-state index in [4.69, 9.17) is 0 Å². The summed E-state index contributed by atoms with van der Waals surface area (Å²) in [5, 5.41) is 0. The fourth-order valence-corrected chi connectivity index (χ4v) is 8.59. The summed E-state index contributed by atoms with van der Waals surface area (Å²) in [4.78, 5) is 11.4. The second kappa shape index (κ2) is 27.9. The molecule has 3 rings (SSSR count). The Hall–Kier alpha value is -3.56. The molecule has 56 heavy (non-hydrogen) atoms. The predicted octanol–water partition coefficient (Wildman–Crippen LogP) is 10.3. The standard InChI is InChI=1S/C48H72N6S2/c1-8-49-34-15-12-10-11-13-22-44-24-29-46(30-25-44)51(4)37-19-36-50(3)35-17-18-42-55-56-43-21-41-54(6,7)40-20-38-52(5)47-31-26-45(27-32-47)28-33-48-23-14-16-39-53(48)9-2/h10-16,22-34,39H,8-9,17-21,35-38,40-43H2,1-7H3/q+2/b11-10+,15-12-,22-13+,49-34+. The molecule has 0 atom stereocenters. The zero-order chi connectivity index (χ0) is 40.3. The zero-order valence-electron chi connectivity index (χ0n) is 35.7. The molecule has 6 nitrogen and oxygen atoms in total. The number of allylic oxidation sites excluding steroid dienone is 5. The van der Waals surface area contributed by atoms with Gasteiger partial charge >= 0.3 is 0 Å². The molecule has 0 saturated heterocycles. The summed E-state index contributed by atoms with van der Waals surface area (Å²) in [7, 11) is 15.6. The van der Waals surface area contributed by atoms with Crippen molar-refractivity contribution in [3.63, 3.8) is 0 Å². The molecule has 304 valence electrons. The number of nitrogens with zero attached hydrogens (tertiary/aromatic N) is 6. The highest BCUT2D eigenvalue weighted by Crippen LogP contribution is 2.24. The Morgan fingerprint density at radius 3 is 1.88 bits per heavy atom. The van der Waals surface area contributed by atoms with Crippen molar-refractivity contribution in [2.24, 2.45) is 4.99 Å². The Kier molecular flexibility index (Phi) is 23.4. The molecule has 0 amide bonds. The van der Waals surface area contributed by atoms with Crippen LogP contribution in [0, 0.1) is 0 Å². The van der Waals surface area contributed by atoms with Crippen LogP contribution in [-0.4, -0.2) is 108 Å². The Morgan fingerprint density at radius 2 is 1.20 bits per heavy atom. The minimum Gasteiger partial charge on any atom is -0.375 e. The van der Waals surface area contributed by atoms with Gasteiger partial charge in [0.2, 0.25) is 5.69 Å². The number of anilines is 2. The molecule has 0 aliphatic heterocycles. The van der Waals surface area contributed by atoms with E-state index in [1.165, 1.54) is 91.4 Å². The summed E-state index contributed by atoms with van der Waals surface area (Å²) in [6, 6.07) is 24.1. The van der Waals surface area contributed by atoms with Gasteiger partial charge in [-0.05, 0) is 107 Å². The Labute approximate surface area is 349 Å². The lowest BCUT2D eigenvalue weighted by atomic mass is 10.1. The fraction of sp³-hybridized carbons (Fsp3) is 0.458. The molecule has 1 heterocycles. The summed E-state index contributed by atoms with van der Waals surface area (Å²) in [6.07, 6.45) is 26.8. The van der Waals surface area contributed by atoms with Crippen LogP contribution in [0.4, 0.5) is 11.4 Å². The van der Waals surface area contributed by atoms with Gasteiger partial charge in [0.1, 0.15) is 6.54 Å². The van der Waals surface area contributed by atoms with E-state index < -0.39 is 0 Å². The molecule has 1 aromatic heterocycles. The van der Waals surface area contributed by atoms with Gasteiger partial charge in [-0.1, -0.05) is 76.2 Å². The first-order chi connectivity index (χ1) is 27.2. The lowest BCUT2D eigenvalue weighted by molar-refractivity contribution is -0.890. The van der Waals surface area contributed by atoms with Crippen LogP contribution in [0.3, 0.4) is 0 Å². The van der Waals surface area contributed by atoms with Crippen molar-refractivity contribution >= 4 is 57.4 Å². The number of unbranched alkanes of at least 4 members (excludes halogenated alkanes) is 1. The Bertz CT molecular complexity index is 1630. The molecular weight excluding hydrogens is 725 g/mol. The topological polar surface area (TPSA) is 26.0 Å². The van der Waals surface area contributed by atoms with Crippen molar-refractivity contribution in [3.8, 4) is 0 Å². The normalized spacial score (nSPS) is 12.5. The number of aryl methyl sites for hydroxylation is 1. The lowest BCUT2D eigenvalue weighted by Gasteiger charge is -2.31. The Morgan fingerprint density at radius 1 is 0.607 bits per heavy atom. The highest BCUT2D eigenvalue weighted by Gasteiger charge is 2.15. The van der Waals surface area contributed by atoms with E-state index in [0.29, 0.717) is 0 Å². The van der Waals surface area contributed by atoms with Crippen LogP contribution >= 0.6 is 21.6 Å². The highest BCUT2D eigenvalue weighted by atomic mass is 33.1. The van der Waals surface area contributed by atoms with Crippen LogP contribution < -0.4 is 14.4 Å². The summed E-state index contributed by atoms with van der Waals surface area (Å²) in [5.74, 6) is 2.50. The van der Waals surface area contributed by atoms with Gasteiger partial charge in [-0.25, -0.2) is 0 Å². The van der Waals surface area contributed by atoms with Crippen LogP contribution in [0.5, 0.6) is 0 Å². The number of pyridine rings is 1. The number of quaternary nitrogens is 1. The third-order valence-corrected chi connectivity index (χ3v) is 12.5. The van der Waals surface area contributed by atoms with E-state index >= 15 is 0 Å². The molecule has 0 bridgehead atoms.